The first-order chi connectivity index (χ1) is 13.5. The predicted molar refractivity (Wildman–Crippen MR) is 107 cm³/mol. The zero-order valence-corrected chi connectivity index (χ0v) is 16.4. The Labute approximate surface area is 165 Å². The number of hydrogen-bond acceptors (Lipinski definition) is 7. The summed E-state index contributed by atoms with van der Waals surface area (Å²) in [6, 6.07) is 8.70. The average Bonchev–Trinajstić information content (AvgIpc) is 3.35. The standard InChI is InChI=1S/C19H19N5O3S/c1-10-15(17(20)25)16(12-9-11(26-2)6-7-13(12)27-3)24-19(21-10)22-18(23-24)14-5-4-8-28-14/h4-9,16H,1-3H3,(H2,20,25)(H,21,22,23)/t16-/m1/s1. The Balaban J connectivity index is 1.95. The molecule has 0 saturated heterocycles. The highest BCUT2D eigenvalue weighted by molar-refractivity contribution is 7.13. The fourth-order valence-electron chi connectivity index (χ4n) is 3.32. The number of carbonyl (C=O) groups excluding carboxylic acids is 1. The highest BCUT2D eigenvalue weighted by atomic mass is 32.1. The number of thiophene rings is 1. The molecule has 1 amide bonds. The number of methoxy groups -OCH3 is 2. The molecule has 1 aliphatic rings. The van der Waals surface area contributed by atoms with Crippen LogP contribution in [0.25, 0.3) is 10.7 Å². The van der Waals surface area contributed by atoms with Gasteiger partial charge in [-0.05, 0) is 36.6 Å². The largest absolute Gasteiger partial charge is 0.497 e. The Morgan fingerprint density at radius 1 is 1.29 bits per heavy atom. The van der Waals surface area contributed by atoms with Gasteiger partial charge in [-0.15, -0.1) is 16.4 Å². The Hall–Kier alpha value is -3.33. The molecule has 4 rings (SSSR count). The first-order valence-electron chi connectivity index (χ1n) is 8.53. The minimum absolute atomic E-state index is 0.390. The number of hydrogen-bond donors (Lipinski definition) is 2. The van der Waals surface area contributed by atoms with Crippen LogP contribution < -0.4 is 20.5 Å². The average molecular weight is 397 g/mol. The third kappa shape index (κ3) is 2.89. The molecule has 1 aliphatic heterocycles. The van der Waals surface area contributed by atoms with Crippen LogP contribution >= 0.6 is 11.3 Å². The lowest BCUT2D eigenvalue weighted by molar-refractivity contribution is -0.115. The minimum atomic E-state index is -0.597. The van der Waals surface area contributed by atoms with Gasteiger partial charge in [0.2, 0.25) is 11.9 Å². The number of aromatic nitrogens is 3. The number of fused-ring (bicyclic) bond motifs is 1. The van der Waals surface area contributed by atoms with E-state index in [-0.39, 0.29) is 0 Å². The number of benzene rings is 1. The van der Waals surface area contributed by atoms with Crippen molar-refractivity contribution in [2.24, 2.45) is 5.73 Å². The van der Waals surface area contributed by atoms with Crippen LogP contribution in [0.2, 0.25) is 0 Å². The van der Waals surface area contributed by atoms with Gasteiger partial charge in [-0.25, -0.2) is 4.68 Å². The zero-order chi connectivity index (χ0) is 19.8. The smallest absolute Gasteiger partial charge is 0.248 e. The number of primary amides is 1. The van der Waals surface area contributed by atoms with E-state index < -0.39 is 11.9 Å². The number of amides is 1. The van der Waals surface area contributed by atoms with Gasteiger partial charge >= 0.3 is 0 Å². The molecule has 0 radical (unpaired) electrons. The molecule has 0 aliphatic carbocycles. The summed E-state index contributed by atoms with van der Waals surface area (Å²) in [7, 11) is 3.16. The van der Waals surface area contributed by atoms with Crippen molar-refractivity contribution in [3.8, 4) is 22.2 Å². The Morgan fingerprint density at radius 2 is 2.11 bits per heavy atom. The molecular formula is C19H19N5O3S. The van der Waals surface area contributed by atoms with Gasteiger partial charge in [0.15, 0.2) is 5.82 Å². The number of anilines is 1. The molecule has 1 atom stereocenters. The van der Waals surface area contributed by atoms with E-state index in [0.29, 0.717) is 40.1 Å². The molecule has 0 bridgehead atoms. The van der Waals surface area contributed by atoms with Crippen molar-refractivity contribution in [1.29, 1.82) is 0 Å². The van der Waals surface area contributed by atoms with Gasteiger partial charge in [0.05, 0.1) is 24.7 Å². The van der Waals surface area contributed by atoms with E-state index >= 15 is 0 Å². The summed E-state index contributed by atoms with van der Waals surface area (Å²) in [5.74, 6) is 1.79. The van der Waals surface area contributed by atoms with Crippen LogP contribution in [0.4, 0.5) is 5.95 Å². The van der Waals surface area contributed by atoms with Crippen LogP contribution in [0.3, 0.4) is 0 Å². The lowest BCUT2D eigenvalue weighted by Gasteiger charge is -2.28. The topological polar surface area (TPSA) is 104 Å². The lowest BCUT2D eigenvalue weighted by atomic mass is 9.94. The van der Waals surface area contributed by atoms with Crippen LogP contribution in [0.5, 0.6) is 11.5 Å². The van der Waals surface area contributed by atoms with Crippen molar-refractivity contribution >= 4 is 23.2 Å². The van der Waals surface area contributed by atoms with Gasteiger partial charge in [0, 0.05) is 11.3 Å². The SMILES string of the molecule is COc1ccc(OC)c([C@@H]2C(C(N)=O)=C(C)Nc3nc(-c4cccs4)nn32)c1. The fraction of sp³-hybridized carbons (Fsp3) is 0.211. The van der Waals surface area contributed by atoms with Gasteiger partial charge in [-0.1, -0.05) is 6.07 Å². The van der Waals surface area contributed by atoms with Gasteiger partial charge in [-0.2, -0.15) is 4.98 Å². The first-order valence-corrected chi connectivity index (χ1v) is 9.41. The number of ether oxygens (including phenoxy) is 2. The molecule has 2 aromatic heterocycles. The summed E-state index contributed by atoms with van der Waals surface area (Å²) in [5, 5.41) is 9.77. The predicted octanol–water partition coefficient (Wildman–Crippen LogP) is 2.80. The highest BCUT2D eigenvalue weighted by Gasteiger charge is 2.35. The van der Waals surface area contributed by atoms with Crippen molar-refractivity contribution in [3.05, 3.63) is 52.5 Å². The molecule has 28 heavy (non-hydrogen) atoms. The fourth-order valence-corrected chi connectivity index (χ4v) is 3.97. The summed E-state index contributed by atoms with van der Waals surface area (Å²) < 4.78 is 12.6. The number of nitrogens with one attached hydrogen (secondary N) is 1. The van der Waals surface area contributed by atoms with E-state index in [2.05, 4.69) is 15.4 Å². The van der Waals surface area contributed by atoms with Crippen molar-refractivity contribution in [3.63, 3.8) is 0 Å². The van der Waals surface area contributed by atoms with Gasteiger partial charge in [-0.3, -0.25) is 4.79 Å². The summed E-state index contributed by atoms with van der Waals surface area (Å²) in [5.41, 5.74) is 7.46. The molecule has 0 unspecified atom stereocenters. The summed E-state index contributed by atoms with van der Waals surface area (Å²) in [6.45, 7) is 1.79. The summed E-state index contributed by atoms with van der Waals surface area (Å²) in [4.78, 5) is 17.9. The molecule has 144 valence electrons. The summed E-state index contributed by atoms with van der Waals surface area (Å²) in [6.07, 6.45) is 0. The first kappa shape index (κ1) is 18.1. The van der Waals surface area contributed by atoms with Crippen LogP contribution in [-0.2, 0) is 4.79 Å². The Kier molecular flexibility index (Phi) is 4.52. The Morgan fingerprint density at radius 3 is 2.75 bits per heavy atom. The van der Waals surface area contributed by atoms with Crippen LogP contribution in [-0.4, -0.2) is 34.9 Å². The molecule has 8 nitrogen and oxygen atoms in total. The van der Waals surface area contributed by atoms with Gasteiger partial charge < -0.3 is 20.5 Å². The number of nitrogens with zero attached hydrogens (tertiary/aromatic N) is 3. The normalized spacial score (nSPS) is 15.8. The van der Waals surface area contributed by atoms with E-state index in [4.69, 9.17) is 15.2 Å². The highest BCUT2D eigenvalue weighted by Crippen LogP contribution is 2.41. The monoisotopic (exact) mass is 397 g/mol. The van der Waals surface area contributed by atoms with E-state index in [0.717, 1.165) is 4.88 Å². The molecule has 0 saturated carbocycles. The van der Waals surface area contributed by atoms with Gasteiger partial charge in [0.1, 0.15) is 17.5 Å². The van der Waals surface area contributed by atoms with Crippen molar-refractivity contribution < 1.29 is 14.3 Å². The molecule has 9 heteroatoms. The Bertz CT molecular complexity index is 1070. The third-order valence-corrected chi connectivity index (χ3v) is 5.46. The number of carbonyl (C=O) groups is 1. The molecule has 3 N–H and O–H groups in total. The molecule has 1 aromatic carbocycles. The summed E-state index contributed by atoms with van der Waals surface area (Å²) >= 11 is 1.54. The van der Waals surface area contributed by atoms with Crippen LogP contribution in [0.15, 0.2) is 47.0 Å². The van der Waals surface area contributed by atoms with E-state index in [9.17, 15) is 4.79 Å². The molecule has 0 spiro atoms. The second-order valence-corrected chi connectivity index (χ2v) is 7.17. The maximum Gasteiger partial charge on any atom is 0.248 e. The second kappa shape index (κ2) is 7.01. The minimum Gasteiger partial charge on any atom is -0.497 e. The molecular weight excluding hydrogens is 378 g/mol. The van der Waals surface area contributed by atoms with E-state index in [1.165, 1.54) is 0 Å². The number of rotatable bonds is 5. The number of nitrogens with two attached hydrogens (primary N) is 1. The van der Waals surface area contributed by atoms with Crippen LogP contribution in [0.1, 0.15) is 18.5 Å². The zero-order valence-electron chi connectivity index (χ0n) is 15.6. The van der Waals surface area contributed by atoms with E-state index in [1.807, 2.05) is 23.6 Å². The second-order valence-electron chi connectivity index (χ2n) is 6.22. The molecule has 3 aromatic rings. The van der Waals surface area contributed by atoms with Crippen LogP contribution in [0, 0.1) is 0 Å². The molecule has 0 fully saturated rings. The maximum atomic E-state index is 12.3. The van der Waals surface area contributed by atoms with Crippen molar-refractivity contribution in [2.45, 2.75) is 13.0 Å². The third-order valence-electron chi connectivity index (χ3n) is 4.59. The molecule has 3 heterocycles. The van der Waals surface area contributed by atoms with Crippen molar-refractivity contribution in [2.75, 3.05) is 19.5 Å². The van der Waals surface area contributed by atoms with Gasteiger partial charge in [0.25, 0.3) is 0 Å². The van der Waals surface area contributed by atoms with Crippen molar-refractivity contribution in [1.82, 2.24) is 14.8 Å². The quantitative estimate of drug-likeness (QED) is 0.686. The van der Waals surface area contributed by atoms with E-state index in [1.54, 1.807) is 49.3 Å². The number of allylic oxidation sites excluding steroid dienone is 1. The lowest BCUT2D eigenvalue weighted by Crippen LogP contribution is -2.32. The maximum absolute atomic E-state index is 12.3.